The molecule has 1 aliphatic rings. The average molecular weight is 236 g/mol. The van der Waals surface area contributed by atoms with Gasteiger partial charge in [-0.05, 0) is 18.6 Å². The fourth-order valence-corrected chi connectivity index (χ4v) is 2.18. The van der Waals surface area contributed by atoms with Crippen LogP contribution in [0.4, 0.5) is 10.1 Å². The third-order valence-electron chi connectivity index (χ3n) is 3.14. The minimum absolute atomic E-state index is 0.123. The summed E-state index contributed by atoms with van der Waals surface area (Å²) >= 11 is 0. The minimum atomic E-state index is -0.632. The van der Waals surface area contributed by atoms with E-state index in [1.54, 1.807) is 11.0 Å². The van der Waals surface area contributed by atoms with Crippen LogP contribution in [0.1, 0.15) is 37.8 Å². The SMILES string of the molecule is CCCCCN1C(=O)C(N)c2ccc(F)cc21. The van der Waals surface area contributed by atoms with E-state index in [2.05, 4.69) is 6.92 Å². The molecule has 17 heavy (non-hydrogen) atoms. The number of carbonyl (C=O) groups excluding carboxylic acids is 1. The molecule has 0 aromatic heterocycles. The van der Waals surface area contributed by atoms with Crippen LogP contribution in [0.15, 0.2) is 18.2 Å². The molecule has 1 aliphatic heterocycles. The number of amides is 1. The lowest BCUT2D eigenvalue weighted by Crippen LogP contribution is -2.32. The summed E-state index contributed by atoms with van der Waals surface area (Å²) in [5.41, 5.74) is 7.19. The number of nitrogens with two attached hydrogens (primary N) is 1. The Bertz CT molecular complexity index is 433. The zero-order valence-electron chi connectivity index (χ0n) is 9.95. The van der Waals surface area contributed by atoms with Crippen LogP contribution in [0.2, 0.25) is 0 Å². The fraction of sp³-hybridized carbons (Fsp3) is 0.462. The van der Waals surface area contributed by atoms with Crippen molar-refractivity contribution in [2.75, 3.05) is 11.4 Å². The maximum absolute atomic E-state index is 13.2. The first kappa shape index (κ1) is 12.0. The number of rotatable bonds is 4. The van der Waals surface area contributed by atoms with Gasteiger partial charge in [-0.15, -0.1) is 0 Å². The topological polar surface area (TPSA) is 46.3 Å². The van der Waals surface area contributed by atoms with E-state index in [-0.39, 0.29) is 11.7 Å². The number of hydrogen-bond acceptors (Lipinski definition) is 2. The van der Waals surface area contributed by atoms with E-state index in [4.69, 9.17) is 5.73 Å². The number of unbranched alkanes of at least 4 members (excludes halogenated alkanes) is 2. The summed E-state index contributed by atoms with van der Waals surface area (Å²) in [5, 5.41) is 0. The Balaban J connectivity index is 2.23. The van der Waals surface area contributed by atoms with Crippen molar-refractivity contribution in [1.29, 1.82) is 0 Å². The van der Waals surface area contributed by atoms with Gasteiger partial charge in [0.15, 0.2) is 0 Å². The number of fused-ring (bicyclic) bond motifs is 1. The van der Waals surface area contributed by atoms with Crippen molar-refractivity contribution < 1.29 is 9.18 Å². The fourth-order valence-electron chi connectivity index (χ4n) is 2.18. The highest BCUT2D eigenvalue weighted by molar-refractivity contribution is 6.04. The van der Waals surface area contributed by atoms with Gasteiger partial charge in [0.05, 0.1) is 5.69 Å². The Kier molecular flexibility index (Phi) is 3.43. The summed E-state index contributed by atoms with van der Waals surface area (Å²) in [5.74, 6) is -0.451. The molecule has 1 aromatic rings. The van der Waals surface area contributed by atoms with E-state index in [9.17, 15) is 9.18 Å². The van der Waals surface area contributed by atoms with Crippen molar-refractivity contribution in [3.8, 4) is 0 Å². The Morgan fingerprint density at radius 3 is 2.88 bits per heavy atom. The second kappa shape index (κ2) is 4.84. The molecule has 0 radical (unpaired) electrons. The molecular formula is C13H17FN2O. The predicted molar refractivity (Wildman–Crippen MR) is 65.2 cm³/mol. The highest BCUT2D eigenvalue weighted by atomic mass is 19.1. The Labute approximate surface area is 100 Å². The summed E-state index contributed by atoms with van der Waals surface area (Å²) in [6, 6.07) is 3.72. The Morgan fingerprint density at radius 1 is 1.41 bits per heavy atom. The van der Waals surface area contributed by atoms with Gasteiger partial charge < -0.3 is 10.6 Å². The summed E-state index contributed by atoms with van der Waals surface area (Å²) in [4.78, 5) is 13.6. The number of benzene rings is 1. The predicted octanol–water partition coefficient (Wildman–Crippen LogP) is 2.36. The third-order valence-corrected chi connectivity index (χ3v) is 3.14. The molecule has 92 valence electrons. The van der Waals surface area contributed by atoms with Crippen molar-refractivity contribution >= 4 is 11.6 Å². The van der Waals surface area contributed by atoms with Crippen LogP contribution < -0.4 is 10.6 Å². The van der Waals surface area contributed by atoms with Crippen LogP contribution in [0.25, 0.3) is 0 Å². The molecule has 0 saturated heterocycles. The number of carbonyl (C=O) groups is 1. The normalized spacial score (nSPS) is 18.6. The van der Waals surface area contributed by atoms with Crippen molar-refractivity contribution in [3.05, 3.63) is 29.6 Å². The molecule has 0 bridgehead atoms. The first-order valence-electron chi connectivity index (χ1n) is 6.01. The molecule has 4 heteroatoms. The molecule has 1 unspecified atom stereocenters. The number of anilines is 1. The summed E-state index contributed by atoms with van der Waals surface area (Å²) in [6.07, 6.45) is 3.07. The van der Waals surface area contributed by atoms with Gasteiger partial charge in [0.2, 0.25) is 5.91 Å². The zero-order valence-corrected chi connectivity index (χ0v) is 9.95. The molecule has 0 spiro atoms. The van der Waals surface area contributed by atoms with Crippen LogP contribution in [0, 0.1) is 5.82 Å². The van der Waals surface area contributed by atoms with Gasteiger partial charge in [-0.2, -0.15) is 0 Å². The second-order valence-electron chi connectivity index (χ2n) is 4.38. The Hall–Kier alpha value is -1.42. The molecule has 1 atom stereocenters. The monoisotopic (exact) mass is 236 g/mol. The van der Waals surface area contributed by atoms with Gasteiger partial charge >= 0.3 is 0 Å². The van der Waals surface area contributed by atoms with E-state index in [0.717, 1.165) is 24.8 Å². The summed E-state index contributed by atoms with van der Waals surface area (Å²) in [7, 11) is 0. The van der Waals surface area contributed by atoms with Crippen LogP contribution in [0.3, 0.4) is 0 Å². The van der Waals surface area contributed by atoms with E-state index >= 15 is 0 Å². The van der Waals surface area contributed by atoms with Crippen LogP contribution in [0.5, 0.6) is 0 Å². The number of nitrogens with zero attached hydrogens (tertiary/aromatic N) is 1. The van der Waals surface area contributed by atoms with E-state index in [1.807, 2.05) is 0 Å². The van der Waals surface area contributed by atoms with Crippen LogP contribution in [-0.4, -0.2) is 12.5 Å². The number of halogens is 1. The molecule has 2 rings (SSSR count). The minimum Gasteiger partial charge on any atom is -0.316 e. The highest BCUT2D eigenvalue weighted by Gasteiger charge is 2.34. The van der Waals surface area contributed by atoms with Gasteiger partial charge in [-0.25, -0.2) is 4.39 Å². The van der Waals surface area contributed by atoms with E-state index < -0.39 is 6.04 Å². The second-order valence-corrected chi connectivity index (χ2v) is 4.38. The summed E-state index contributed by atoms with van der Waals surface area (Å²) < 4.78 is 13.2. The molecule has 1 aromatic carbocycles. The lowest BCUT2D eigenvalue weighted by molar-refractivity contribution is -0.119. The molecule has 1 amide bonds. The molecule has 1 heterocycles. The smallest absolute Gasteiger partial charge is 0.248 e. The highest BCUT2D eigenvalue weighted by Crippen LogP contribution is 2.35. The standard InChI is InChI=1S/C13H17FN2O/c1-2-3-4-7-16-11-8-9(14)5-6-10(11)12(15)13(16)17/h5-6,8,12H,2-4,7,15H2,1H3. The van der Waals surface area contributed by atoms with Gasteiger partial charge in [-0.1, -0.05) is 25.8 Å². The largest absolute Gasteiger partial charge is 0.316 e. The van der Waals surface area contributed by atoms with Crippen molar-refractivity contribution in [2.45, 2.75) is 32.2 Å². The van der Waals surface area contributed by atoms with Crippen LogP contribution in [-0.2, 0) is 4.79 Å². The quantitative estimate of drug-likeness (QED) is 0.816. The van der Waals surface area contributed by atoms with Gasteiger partial charge in [0.1, 0.15) is 11.9 Å². The van der Waals surface area contributed by atoms with E-state index in [1.165, 1.54) is 12.1 Å². The van der Waals surface area contributed by atoms with Gasteiger partial charge in [0.25, 0.3) is 0 Å². The molecule has 0 aliphatic carbocycles. The van der Waals surface area contributed by atoms with Crippen molar-refractivity contribution in [3.63, 3.8) is 0 Å². The molecule has 0 saturated carbocycles. The zero-order chi connectivity index (χ0) is 12.4. The molecule has 0 fully saturated rings. The van der Waals surface area contributed by atoms with Crippen molar-refractivity contribution in [1.82, 2.24) is 0 Å². The lowest BCUT2D eigenvalue weighted by atomic mass is 10.1. The van der Waals surface area contributed by atoms with Gasteiger partial charge in [-0.3, -0.25) is 4.79 Å². The van der Waals surface area contributed by atoms with Gasteiger partial charge in [0, 0.05) is 12.1 Å². The molecular weight excluding hydrogens is 219 g/mol. The Morgan fingerprint density at radius 2 is 2.18 bits per heavy atom. The first-order chi connectivity index (χ1) is 8.15. The number of hydrogen-bond donors (Lipinski definition) is 1. The maximum atomic E-state index is 13.2. The van der Waals surface area contributed by atoms with E-state index in [0.29, 0.717) is 12.2 Å². The molecule has 3 nitrogen and oxygen atoms in total. The maximum Gasteiger partial charge on any atom is 0.248 e. The first-order valence-corrected chi connectivity index (χ1v) is 6.01. The lowest BCUT2D eigenvalue weighted by Gasteiger charge is -2.17. The molecule has 2 N–H and O–H groups in total. The van der Waals surface area contributed by atoms with Crippen molar-refractivity contribution in [2.24, 2.45) is 5.73 Å². The average Bonchev–Trinajstić information content (AvgIpc) is 2.54. The third kappa shape index (κ3) is 2.17. The summed E-state index contributed by atoms with van der Waals surface area (Å²) in [6.45, 7) is 2.72. The van der Waals surface area contributed by atoms with Crippen LogP contribution >= 0.6 is 0 Å².